The average Bonchev–Trinajstić information content (AvgIpc) is 2.29. The van der Waals surface area contributed by atoms with Crippen molar-refractivity contribution in [2.24, 2.45) is 0 Å². The van der Waals surface area contributed by atoms with Crippen LogP contribution in [-0.4, -0.2) is 35.6 Å². The number of carbonyl (C=O) groups is 1. The molecule has 1 N–H and O–H groups in total. The minimum Gasteiger partial charge on any atom is -0.508 e. The fourth-order valence-corrected chi connectivity index (χ4v) is 1.29. The molecule has 1 aromatic rings. The lowest BCUT2D eigenvalue weighted by Crippen LogP contribution is -2.36. The summed E-state index contributed by atoms with van der Waals surface area (Å²) in [7, 11) is 1.74. The maximum Gasteiger partial charge on any atom is 0.260 e. The van der Waals surface area contributed by atoms with Crippen molar-refractivity contribution < 1.29 is 14.6 Å². The first-order valence-electron chi connectivity index (χ1n) is 5.60. The van der Waals surface area contributed by atoms with Crippen LogP contribution in [0.5, 0.6) is 11.5 Å². The Hall–Kier alpha value is -1.71. The Morgan fingerprint density at radius 1 is 1.47 bits per heavy atom. The van der Waals surface area contributed by atoms with E-state index in [4.69, 9.17) is 4.74 Å². The number of aromatic hydroxyl groups is 1. The van der Waals surface area contributed by atoms with E-state index in [-0.39, 0.29) is 24.3 Å². The topological polar surface area (TPSA) is 49.8 Å². The first kappa shape index (κ1) is 13.4. The standard InChI is InChI=1S/C13H19NO3/c1-9(2)14(4)13(16)8-17-12-7-5-6-11(15)10(12)3/h5-7,9,15H,8H2,1-4H3. The van der Waals surface area contributed by atoms with Crippen LogP contribution in [-0.2, 0) is 4.79 Å². The Kier molecular flexibility index (Phi) is 4.37. The predicted octanol–water partition coefficient (Wildman–Crippen LogP) is 1.95. The van der Waals surface area contributed by atoms with Gasteiger partial charge in [-0.05, 0) is 32.9 Å². The van der Waals surface area contributed by atoms with Crippen molar-refractivity contribution >= 4 is 5.91 Å². The molecule has 1 rings (SSSR count). The molecule has 0 radical (unpaired) electrons. The molecule has 0 aliphatic carbocycles. The van der Waals surface area contributed by atoms with Crippen LogP contribution in [0.4, 0.5) is 0 Å². The summed E-state index contributed by atoms with van der Waals surface area (Å²) in [6.07, 6.45) is 0. The number of rotatable bonds is 4. The van der Waals surface area contributed by atoms with E-state index >= 15 is 0 Å². The average molecular weight is 237 g/mol. The summed E-state index contributed by atoms with van der Waals surface area (Å²) in [4.78, 5) is 13.3. The molecule has 0 spiro atoms. The zero-order valence-corrected chi connectivity index (χ0v) is 10.7. The van der Waals surface area contributed by atoms with Crippen LogP contribution >= 0.6 is 0 Å². The third-order valence-corrected chi connectivity index (χ3v) is 2.77. The molecule has 0 bridgehead atoms. The number of benzene rings is 1. The lowest BCUT2D eigenvalue weighted by molar-refractivity contribution is -0.133. The molecule has 94 valence electrons. The van der Waals surface area contributed by atoms with Gasteiger partial charge in [0.05, 0.1) is 0 Å². The smallest absolute Gasteiger partial charge is 0.260 e. The summed E-state index contributed by atoms with van der Waals surface area (Å²) >= 11 is 0. The van der Waals surface area contributed by atoms with E-state index < -0.39 is 0 Å². The maximum atomic E-state index is 11.7. The quantitative estimate of drug-likeness (QED) is 0.870. The van der Waals surface area contributed by atoms with Gasteiger partial charge in [-0.25, -0.2) is 0 Å². The molecule has 0 saturated carbocycles. The molecule has 0 fully saturated rings. The van der Waals surface area contributed by atoms with Crippen LogP contribution in [0.3, 0.4) is 0 Å². The van der Waals surface area contributed by atoms with E-state index in [1.807, 2.05) is 13.8 Å². The van der Waals surface area contributed by atoms with E-state index in [1.54, 1.807) is 37.1 Å². The van der Waals surface area contributed by atoms with Gasteiger partial charge in [-0.2, -0.15) is 0 Å². The summed E-state index contributed by atoms with van der Waals surface area (Å²) in [5, 5.41) is 9.49. The van der Waals surface area contributed by atoms with E-state index in [9.17, 15) is 9.90 Å². The van der Waals surface area contributed by atoms with E-state index in [0.717, 1.165) is 0 Å². The van der Waals surface area contributed by atoms with Gasteiger partial charge in [0.25, 0.3) is 5.91 Å². The van der Waals surface area contributed by atoms with Crippen LogP contribution in [0.1, 0.15) is 19.4 Å². The Morgan fingerprint density at radius 3 is 2.71 bits per heavy atom. The fourth-order valence-electron chi connectivity index (χ4n) is 1.29. The number of hydrogen-bond acceptors (Lipinski definition) is 3. The second kappa shape index (κ2) is 5.57. The highest BCUT2D eigenvalue weighted by atomic mass is 16.5. The second-order valence-electron chi connectivity index (χ2n) is 4.29. The van der Waals surface area contributed by atoms with Crippen molar-refractivity contribution in [3.63, 3.8) is 0 Å². The highest BCUT2D eigenvalue weighted by Crippen LogP contribution is 2.25. The molecule has 0 atom stereocenters. The van der Waals surface area contributed by atoms with Gasteiger partial charge in [0.1, 0.15) is 11.5 Å². The maximum absolute atomic E-state index is 11.7. The lowest BCUT2D eigenvalue weighted by Gasteiger charge is -2.21. The molecule has 0 aromatic heterocycles. The van der Waals surface area contributed by atoms with Crippen LogP contribution in [0.2, 0.25) is 0 Å². The fraction of sp³-hybridized carbons (Fsp3) is 0.462. The summed E-state index contributed by atoms with van der Waals surface area (Å²) < 4.78 is 5.40. The first-order valence-corrected chi connectivity index (χ1v) is 5.60. The minimum atomic E-state index is -0.0808. The second-order valence-corrected chi connectivity index (χ2v) is 4.29. The molecule has 0 unspecified atom stereocenters. The van der Waals surface area contributed by atoms with Crippen LogP contribution < -0.4 is 4.74 Å². The Balaban J connectivity index is 2.62. The number of ether oxygens (including phenoxy) is 1. The van der Waals surface area contributed by atoms with Crippen LogP contribution in [0.15, 0.2) is 18.2 Å². The van der Waals surface area contributed by atoms with Crippen molar-refractivity contribution in [1.82, 2.24) is 4.90 Å². The largest absolute Gasteiger partial charge is 0.508 e. The number of carbonyl (C=O) groups excluding carboxylic acids is 1. The van der Waals surface area contributed by atoms with Crippen molar-refractivity contribution in [3.05, 3.63) is 23.8 Å². The molecular weight excluding hydrogens is 218 g/mol. The zero-order valence-electron chi connectivity index (χ0n) is 10.7. The number of amides is 1. The van der Waals surface area contributed by atoms with Crippen molar-refractivity contribution in [2.75, 3.05) is 13.7 Å². The highest BCUT2D eigenvalue weighted by molar-refractivity contribution is 5.77. The molecule has 4 nitrogen and oxygen atoms in total. The molecule has 0 saturated heterocycles. The highest BCUT2D eigenvalue weighted by Gasteiger charge is 2.13. The number of nitrogens with zero attached hydrogens (tertiary/aromatic N) is 1. The van der Waals surface area contributed by atoms with E-state index in [0.29, 0.717) is 11.3 Å². The molecule has 17 heavy (non-hydrogen) atoms. The molecule has 0 aliphatic heterocycles. The van der Waals surface area contributed by atoms with Gasteiger partial charge < -0.3 is 14.7 Å². The SMILES string of the molecule is Cc1c(O)cccc1OCC(=O)N(C)C(C)C. The number of phenolic OH excluding ortho intramolecular Hbond substituents is 1. The third kappa shape index (κ3) is 3.37. The monoisotopic (exact) mass is 237 g/mol. The molecular formula is C13H19NO3. The third-order valence-electron chi connectivity index (χ3n) is 2.77. The Morgan fingerprint density at radius 2 is 2.12 bits per heavy atom. The molecule has 1 aromatic carbocycles. The summed E-state index contributed by atoms with van der Waals surface area (Å²) in [5.41, 5.74) is 0.646. The van der Waals surface area contributed by atoms with Crippen LogP contribution in [0.25, 0.3) is 0 Å². The molecule has 0 aliphatic rings. The number of phenols is 1. The molecule has 0 heterocycles. The zero-order chi connectivity index (χ0) is 13.0. The number of hydrogen-bond donors (Lipinski definition) is 1. The Bertz CT molecular complexity index is 402. The van der Waals surface area contributed by atoms with Gasteiger partial charge in [-0.15, -0.1) is 0 Å². The summed E-state index contributed by atoms with van der Waals surface area (Å²) in [6, 6.07) is 5.16. The van der Waals surface area contributed by atoms with E-state index in [1.165, 1.54) is 0 Å². The molecule has 1 amide bonds. The van der Waals surface area contributed by atoms with Gasteiger partial charge in [-0.3, -0.25) is 4.79 Å². The van der Waals surface area contributed by atoms with Gasteiger partial charge in [0.2, 0.25) is 0 Å². The first-order chi connectivity index (χ1) is 7.93. The van der Waals surface area contributed by atoms with Crippen molar-refractivity contribution in [1.29, 1.82) is 0 Å². The Labute approximate surface area is 102 Å². The minimum absolute atomic E-state index is 0.0149. The van der Waals surface area contributed by atoms with Crippen LogP contribution in [0, 0.1) is 6.92 Å². The van der Waals surface area contributed by atoms with Gasteiger partial charge in [0, 0.05) is 18.7 Å². The van der Waals surface area contributed by atoms with Gasteiger partial charge in [-0.1, -0.05) is 6.07 Å². The normalized spacial score (nSPS) is 10.4. The predicted molar refractivity (Wildman–Crippen MR) is 66.2 cm³/mol. The van der Waals surface area contributed by atoms with Crippen molar-refractivity contribution in [3.8, 4) is 11.5 Å². The van der Waals surface area contributed by atoms with E-state index in [2.05, 4.69) is 0 Å². The summed E-state index contributed by atoms with van der Waals surface area (Å²) in [6.45, 7) is 5.62. The van der Waals surface area contributed by atoms with Crippen molar-refractivity contribution in [2.45, 2.75) is 26.8 Å². The summed E-state index contributed by atoms with van der Waals surface area (Å²) in [5.74, 6) is 0.630. The lowest BCUT2D eigenvalue weighted by atomic mass is 10.2. The van der Waals surface area contributed by atoms with Gasteiger partial charge in [0.15, 0.2) is 6.61 Å². The molecule has 4 heteroatoms. The van der Waals surface area contributed by atoms with Gasteiger partial charge >= 0.3 is 0 Å². The number of likely N-dealkylation sites (N-methyl/N-ethyl adjacent to an activating group) is 1.